The van der Waals surface area contributed by atoms with E-state index in [2.05, 4.69) is 14.8 Å². The molecule has 3 aromatic rings. The zero-order valence-corrected chi connectivity index (χ0v) is 19.0. The molecule has 1 aliphatic heterocycles. The number of ketones is 1. The highest BCUT2D eigenvalue weighted by atomic mass is 35.5. The van der Waals surface area contributed by atoms with Crippen LogP contribution in [0.1, 0.15) is 34.6 Å². The van der Waals surface area contributed by atoms with E-state index < -0.39 is 0 Å². The standard InChI is InChI=1S/C22H25ClN4O2S/c1-14-11-19(15(2)26(14)3)20(28)13-30-22-25-24-21(16-6-8-17(23)9-7-16)27(22)12-18-5-4-10-29-18/h6-9,11,18H,4-5,10,12-13H2,1-3H3/t18-/m1/s1. The normalized spacial score (nSPS) is 16.3. The fraction of sp³-hybridized carbons (Fsp3) is 0.409. The summed E-state index contributed by atoms with van der Waals surface area (Å²) in [5, 5.41) is 10.2. The highest BCUT2D eigenvalue weighted by molar-refractivity contribution is 7.99. The number of ether oxygens (including phenoxy) is 1. The number of benzene rings is 1. The van der Waals surface area contributed by atoms with Gasteiger partial charge in [0.2, 0.25) is 0 Å². The number of rotatable bonds is 7. The van der Waals surface area contributed by atoms with Gasteiger partial charge in [-0.15, -0.1) is 10.2 Å². The monoisotopic (exact) mass is 444 g/mol. The molecule has 1 saturated heterocycles. The van der Waals surface area contributed by atoms with Crippen molar-refractivity contribution in [1.29, 1.82) is 0 Å². The Kier molecular flexibility index (Phi) is 6.32. The minimum absolute atomic E-state index is 0.0981. The van der Waals surface area contributed by atoms with Gasteiger partial charge < -0.3 is 9.30 Å². The molecule has 0 amide bonds. The average molecular weight is 445 g/mol. The maximum Gasteiger partial charge on any atom is 0.192 e. The van der Waals surface area contributed by atoms with Crippen LogP contribution in [0.25, 0.3) is 11.4 Å². The smallest absolute Gasteiger partial charge is 0.192 e. The van der Waals surface area contributed by atoms with Crippen molar-refractivity contribution < 1.29 is 9.53 Å². The Morgan fingerprint density at radius 3 is 2.67 bits per heavy atom. The molecule has 1 fully saturated rings. The van der Waals surface area contributed by atoms with Crippen molar-refractivity contribution in [3.8, 4) is 11.4 Å². The van der Waals surface area contributed by atoms with E-state index in [1.807, 2.05) is 55.8 Å². The molecule has 0 bridgehead atoms. The third-order valence-corrected chi connectivity index (χ3v) is 6.86. The highest BCUT2D eigenvalue weighted by Crippen LogP contribution is 2.28. The van der Waals surface area contributed by atoms with Gasteiger partial charge in [-0.3, -0.25) is 9.36 Å². The molecular weight excluding hydrogens is 420 g/mol. The number of carbonyl (C=O) groups excluding carboxylic acids is 1. The fourth-order valence-corrected chi connectivity index (χ4v) is 4.67. The number of halogens is 1. The van der Waals surface area contributed by atoms with Gasteiger partial charge in [0.1, 0.15) is 0 Å². The minimum atomic E-state index is 0.0981. The van der Waals surface area contributed by atoms with Crippen molar-refractivity contribution in [2.24, 2.45) is 7.05 Å². The summed E-state index contributed by atoms with van der Waals surface area (Å²) in [6, 6.07) is 9.52. The van der Waals surface area contributed by atoms with Crippen LogP contribution < -0.4 is 0 Å². The number of aromatic nitrogens is 4. The number of thioether (sulfide) groups is 1. The van der Waals surface area contributed by atoms with E-state index in [-0.39, 0.29) is 11.9 Å². The van der Waals surface area contributed by atoms with Crippen molar-refractivity contribution in [3.05, 3.63) is 52.3 Å². The molecule has 30 heavy (non-hydrogen) atoms. The van der Waals surface area contributed by atoms with Crippen molar-refractivity contribution in [1.82, 2.24) is 19.3 Å². The van der Waals surface area contributed by atoms with Gasteiger partial charge in [-0.2, -0.15) is 0 Å². The predicted octanol–water partition coefficient (Wildman–Crippen LogP) is 4.71. The van der Waals surface area contributed by atoms with Crippen LogP contribution in [0.5, 0.6) is 0 Å². The maximum absolute atomic E-state index is 12.8. The lowest BCUT2D eigenvalue weighted by Gasteiger charge is -2.14. The third-order valence-electron chi connectivity index (χ3n) is 5.64. The maximum atomic E-state index is 12.8. The van der Waals surface area contributed by atoms with Gasteiger partial charge in [0.15, 0.2) is 16.8 Å². The quantitative estimate of drug-likeness (QED) is 0.390. The lowest BCUT2D eigenvalue weighted by atomic mass is 10.2. The third kappa shape index (κ3) is 4.33. The number of carbonyl (C=O) groups is 1. The molecule has 1 aliphatic rings. The van der Waals surface area contributed by atoms with Gasteiger partial charge in [0, 0.05) is 41.2 Å². The second kappa shape index (κ2) is 8.96. The van der Waals surface area contributed by atoms with Crippen molar-refractivity contribution in [2.45, 2.75) is 44.5 Å². The molecule has 1 atom stereocenters. The van der Waals surface area contributed by atoms with E-state index in [9.17, 15) is 4.79 Å². The van der Waals surface area contributed by atoms with Crippen LogP contribution in [0.4, 0.5) is 0 Å². The van der Waals surface area contributed by atoms with Gasteiger partial charge in [-0.05, 0) is 57.0 Å². The first-order valence-corrected chi connectivity index (χ1v) is 11.4. The molecule has 158 valence electrons. The minimum Gasteiger partial charge on any atom is -0.376 e. The second-order valence-electron chi connectivity index (χ2n) is 7.61. The lowest BCUT2D eigenvalue weighted by molar-refractivity contribution is 0.0953. The van der Waals surface area contributed by atoms with Gasteiger partial charge in [-0.1, -0.05) is 23.4 Å². The second-order valence-corrected chi connectivity index (χ2v) is 8.99. The number of aryl methyl sites for hydroxylation is 1. The van der Waals surface area contributed by atoms with Crippen LogP contribution in [0, 0.1) is 13.8 Å². The fourth-order valence-electron chi connectivity index (χ4n) is 3.71. The molecule has 0 unspecified atom stereocenters. The Bertz CT molecular complexity index is 1050. The van der Waals surface area contributed by atoms with Crippen LogP contribution in [0.2, 0.25) is 5.02 Å². The van der Waals surface area contributed by atoms with Crippen molar-refractivity contribution in [2.75, 3.05) is 12.4 Å². The molecule has 0 spiro atoms. The number of Topliss-reactive ketones (excluding diaryl/α,β-unsaturated/α-hetero) is 1. The highest BCUT2D eigenvalue weighted by Gasteiger charge is 2.23. The summed E-state index contributed by atoms with van der Waals surface area (Å²) in [6.07, 6.45) is 2.22. The van der Waals surface area contributed by atoms with Gasteiger partial charge in [0.25, 0.3) is 0 Å². The molecular formula is C22H25ClN4O2S. The first-order valence-electron chi connectivity index (χ1n) is 10.0. The van der Waals surface area contributed by atoms with Crippen LogP contribution in [0.15, 0.2) is 35.5 Å². The molecule has 6 nitrogen and oxygen atoms in total. The molecule has 0 N–H and O–H groups in total. The summed E-state index contributed by atoms with van der Waals surface area (Å²) in [6.45, 7) is 5.44. The molecule has 4 rings (SSSR count). The molecule has 3 heterocycles. The Labute approximate surface area is 185 Å². The van der Waals surface area contributed by atoms with Gasteiger partial charge in [0.05, 0.1) is 18.4 Å². The summed E-state index contributed by atoms with van der Waals surface area (Å²) in [7, 11) is 1.98. The number of hydrogen-bond donors (Lipinski definition) is 0. The topological polar surface area (TPSA) is 61.9 Å². The number of hydrogen-bond acceptors (Lipinski definition) is 5. The molecule has 1 aromatic carbocycles. The Morgan fingerprint density at radius 1 is 1.27 bits per heavy atom. The van der Waals surface area contributed by atoms with Crippen molar-refractivity contribution >= 4 is 29.1 Å². The van der Waals surface area contributed by atoms with E-state index in [1.165, 1.54) is 11.8 Å². The van der Waals surface area contributed by atoms with Crippen LogP contribution in [0.3, 0.4) is 0 Å². The van der Waals surface area contributed by atoms with Gasteiger partial charge >= 0.3 is 0 Å². The largest absolute Gasteiger partial charge is 0.376 e. The van der Waals surface area contributed by atoms with E-state index >= 15 is 0 Å². The van der Waals surface area contributed by atoms with Crippen LogP contribution in [-0.2, 0) is 18.3 Å². The predicted molar refractivity (Wildman–Crippen MR) is 119 cm³/mol. The number of nitrogens with zero attached hydrogens (tertiary/aromatic N) is 4. The van der Waals surface area contributed by atoms with E-state index in [4.69, 9.17) is 16.3 Å². The molecule has 0 radical (unpaired) electrons. The Balaban J connectivity index is 1.58. The zero-order chi connectivity index (χ0) is 21.3. The molecule has 0 aliphatic carbocycles. The summed E-state index contributed by atoms with van der Waals surface area (Å²) >= 11 is 7.47. The van der Waals surface area contributed by atoms with E-state index in [0.717, 1.165) is 52.9 Å². The summed E-state index contributed by atoms with van der Waals surface area (Å²) in [5.41, 5.74) is 3.77. The summed E-state index contributed by atoms with van der Waals surface area (Å²) < 4.78 is 9.95. The SMILES string of the molecule is Cc1cc(C(=O)CSc2nnc(-c3ccc(Cl)cc3)n2C[C@H]2CCCO2)c(C)n1C. The average Bonchev–Trinajstić information content (AvgIpc) is 3.45. The first kappa shape index (κ1) is 21.2. The zero-order valence-electron chi connectivity index (χ0n) is 17.4. The Hall–Kier alpha value is -2.09. The van der Waals surface area contributed by atoms with Crippen LogP contribution in [-0.4, -0.2) is 43.6 Å². The molecule has 0 saturated carbocycles. The first-order chi connectivity index (χ1) is 14.4. The summed E-state index contributed by atoms with van der Waals surface area (Å²) in [5.74, 6) is 1.18. The molecule has 2 aromatic heterocycles. The molecule has 8 heteroatoms. The lowest BCUT2D eigenvalue weighted by Crippen LogP contribution is -2.17. The summed E-state index contributed by atoms with van der Waals surface area (Å²) in [4.78, 5) is 12.8. The van der Waals surface area contributed by atoms with E-state index in [1.54, 1.807) is 0 Å². The Morgan fingerprint density at radius 2 is 2.03 bits per heavy atom. The van der Waals surface area contributed by atoms with Crippen LogP contribution >= 0.6 is 23.4 Å². The van der Waals surface area contributed by atoms with Crippen molar-refractivity contribution in [3.63, 3.8) is 0 Å². The van der Waals surface area contributed by atoms with E-state index in [0.29, 0.717) is 17.3 Å². The van der Waals surface area contributed by atoms with Gasteiger partial charge in [-0.25, -0.2) is 0 Å².